The van der Waals surface area contributed by atoms with Gasteiger partial charge in [-0.25, -0.2) is 0 Å². The van der Waals surface area contributed by atoms with Crippen LogP contribution in [0.25, 0.3) is 0 Å². The van der Waals surface area contributed by atoms with E-state index in [2.05, 4.69) is 5.32 Å². The molecule has 0 heterocycles. The molecule has 0 bridgehead atoms. The lowest BCUT2D eigenvalue weighted by molar-refractivity contribution is -0.137. The molecule has 0 aromatic heterocycles. The van der Waals surface area contributed by atoms with Gasteiger partial charge in [0.25, 0.3) is 0 Å². The lowest BCUT2D eigenvalue weighted by atomic mass is 10.0. The van der Waals surface area contributed by atoms with Crippen LogP contribution in [-0.4, -0.2) is 29.1 Å². The van der Waals surface area contributed by atoms with Crippen LogP contribution in [-0.2, 0) is 9.59 Å². The smallest absolute Gasteiger partial charge is 0.303 e. The Bertz CT molecular complexity index is 227. The van der Waals surface area contributed by atoms with Crippen molar-refractivity contribution < 1.29 is 14.7 Å². The molecule has 5 heteroatoms. The molecule has 0 rings (SSSR count). The summed E-state index contributed by atoms with van der Waals surface area (Å²) in [6.45, 7) is 4.13. The van der Waals surface area contributed by atoms with Crippen molar-refractivity contribution >= 4 is 11.9 Å². The third kappa shape index (κ3) is 6.90. The fourth-order valence-electron chi connectivity index (χ4n) is 1.07. The van der Waals surface area contributed by atoms with Crippen molar-refractivity contribution in [2.45, 2.75) is 45.1 Å². The van der Waals surface area contributed by atoms with E-state index in [0.29, 0.717) is 13.0 Å². The van der Waals surface area contributed by atoms with Crippen molar-refractivity contribution in [1.29, 1.82) is 0 Å². The van der Waals surface area contributed by atoms with Gasteiger partial charge in [0.05, 0.1) is 5.54 Å². The minimum Gasteiger partial charge on any atom is -0.481 e. The summed E-state index contributed by atoms with van der Waals surface area (Å²) in [5.41, 5.74) is 4.48. The van der Waals surface area contributed by atoms with Crippen LogP contribution in [0, 0.1) is 0 Å². The zero-order valence-electron chi connectivity index (χ0n) is 9.38. The molecule has 15 heavy (non-hydrogen) atoms. The quantitative estimate of drug-likeness (QED) is 0.515. The Morgan fingerprint density at radius 1 is 1.27 bits per heavy atom. The maximum Gasteiger partial charge on any atom is 0.303 e. The number of unbranched alkanes of at least 4 members (excludes halogenated alkanes) is 2. The minimum absolute atomic E-state index is 0.208. The van der Waals surface area contributed by atoms with E-state index in [0.717, 1.165) is 12.8 Å². The second kappa shape index (κ2) is 6.40. The molecule has 0 saturated heterocycles. The molecular formula is C10H20N2O3. The predicted molar refractivity (Wildman–Crippen MR) is 57.4 cm³/mol. The number of rotatable bonds is 8. The number of nitrogens with one attached hydrogen (secondary N) is 1. The molecule has 0 aliphatic rings. The first-order chi connectivity index (χ1) is 6.86. The van der Waals surface area contributed by atoms with E-state index in [4.69, 9.17) is 10.8 Å². The van der Waals surface area contributed by atoms with Crippen molar-refractivity contribution in [3.05, 3.63) is 0 Å². The first-order valence-electron chi connectivity index (χ1n) is 5.13. The third-order valence-electron chi connectivity index (χ3n) is 2.25. The highest BCUT2D eigenvalue weighted by atomic mass is 16.4. The van der Waals surface area contributed by atoms with Gasteiger partial charge in [-0.1, -0.05) is 6.42 Å². The lowest BCUT2D eigenvalue weighted by Gasteiger charge is -2.22. The molecule has 88 valence electrons. The van der Waals surface area contributed by atoms with Crippen LogP contribution in [0.4, 0.5) is 0 Å². The highest BCUT2D eigenvalue weighted by molar-refractivity contribution is 5.83. The molecular weight excluding hydrogens is 196 g/mol. The van der Waals surface area contributed by atoms with Crippen LogP contribution >= 0.6 is 0 Å². The monoisotopic (exact) mass is 216 g/mol. The molecule has 5 nitrogen and oxygen atoms in total. The first kappa shape index (κ1) is 13.9. The van der Waals surface area contributed by atoms with Crippen molar-refractivity contribution in [3.8, 4) is 0 Å². The molecule has 1 amide bonds. The van der Waals surface area contributed by atoms with Crippen LogP contribution in [0.3, 0.4) is 0 Å². The minimum atomic E-state index is -0.763. The Kier molecular flexibility index (Phi) is 5.93. The molecule has 0 aliphatic carbocycles. The van der Waals surface area contributed by atoms with Gasteiger partial charge in [0.2, 0.25) is 5.91 Å². The normalized spacial score (nSPS) is 11.3. The maximum atomic E-state index is 10.9. The van der Waals surface area contributed by atoms with E-state index in [1.165, 1.54) is 0 Å². The predicted octanol–water partition coefficient (Wildman–Crippen LogP) is 0.485. The Labute approximate surface area is 90.0 Å². The van der Waals surface area contributed by atoms with Gasteiger partial charge in [0, 0.05) is 6.42 Å². The van der Waals surface area contributed by atoms with Crippen molar-refractivity contribution in [2.24, 2.45) is 5.73 Å². The van der Waals surface area contributed by atoms with E-state index in [1.807, 2.05) is 0 Å². The molecule has 0 spiro atoms. The number of amides is 1. The van der Waals surface area contributed by atoms with Crippen molar-refractivity contribution in [3.63, 3.8) is 0 Å². The first-order valence-corrected chi connectivity index (χ1v) is 5.13. The number of nitrogens with two attached hydrogens (primary N) is 1. The molecule has 0 fully saturated rings. The Morgan fingerprint density at radius 3 is 2.33 bits per heavy atom. The molecule has 0 saturated carbocycles. The summed E-state index contributed by atoms with van der Waals surface area (Å²) in [6.07, 6.45) is 2.57. The van der Waals surface area contributed by atoms with Gasteiger partial charge in [-0.15, -0.1) is 0 Å². The third-order valence-corrected chi connectivity index (χ3v) is 2.25. The Balaban J connectivity index is 3.46. The number of aliphatic carboxylic acids is 1. The van der Waals surface area contributed by atoms with Crippen molar-refractivity contribution in [2.75, 3.05) is 6.54 Å². The number of hydrogen-bond donors (Lipinski definition) is 3. The number of carbonyl (C=O) groups is 2. The van der Waals surface area contributed by atoms with Gasteiger partial charge in [-0.2, -0.15) is 0 Å². The highest BCUT2D eigenvalue weighted by Gasteiger charge is 2.22. The molecule has 0 aromatic carbocycles. The highest BCUT2D eigenvalue weighted by Crippen LogP contribution is 2.03. The van der Waals surface area contributed by atoms with Gasteiger partial charge in [-0.05, 0) is 33.2 Å². The van der Waals surface area contributed by atoms with E-state index in [9.17, 15) is 9.59 Å². The molecule has 0 atom stereocenters. The summed E-state index contributed by atoms with van der Waals surface area (Å²) in [7, 11) is 0. The lowest BCUT2D eigenvalue weighted by Crippen LogP contribution is -2.50. The molecule has 0 aromatic rings. The number of carboxylic acids is 1. The van der Waals surface area contributed by atoms with Crippen LogP contribution < -0.4 is 11.1 Å². The number of carbonyl (C=O) groups excluding carboxylic acids is 1. The van der Waals surface area contributed by atoms with E-state index in [1.54, 1.807) is 13.8 Å². The van der Waals surface area contributed by atoms with E-state index < -0.39 is 11.5 Å². The number of primary amides is 1. The summed E-state index contributed by atoms with van der Waals surface area (Å²) in [4.78, 5) is 21.1. The topological polar surface area (TPSA) is 92.4 Å². The summed E-state index contributed by atoms with van der Waals surface area (Å²) in [6, 6.07) is 0. The molecule has 0 radical (unpaired) electrons. The average molecular weight is 216 g/mol. The molecule has 0 aliphatic heterocycles. The SMILES string of the molecule is CC(C)(NCCCCCC(=O)O)C(N)=O. The van der Waals surface area contributed by atoms with Crippen LogP contribution in [0.1, 0.15) is 39.5 Å². The van der Waals surface area contributed by atoms with Gasteiger partial charge in [0.1, 0.15) is 0 Å². The maximum absolute atomic E-state index is 10.9. The summed E-state index contributed by atoms with van der Waals surface area (Å²) >= 11 is 0. The van der Waals surface area contributed by atoms with Crippen LogP contribution in [0.5, 0.6) is 0 Å². The molecule has 4 N–H and O–H groups in total. The summed E-state index contributed by atoms with van der Waals surface area (Å²) in [5.74, 6) is -1.14. The fraction of sp³-hybridized carbons (Fsp3) is 0.800. The largest absolute Gasteiger partial charge is 0.481 e. The van der Waals surface area contributed by atoms with Crippen LogP contribution in [0.2, 0.25) is 0 Å². The van der Waals surface area contributed by atoms with Crippen LogP contribution in [0.15, 0.2) is 0 Å². The zero-order valence-corrected chi connectivity index (χ0v) is 9.38. The van der Waals surface area contributed by atoms with Crippen molar-refractivity contribution in [1.82, 2.24) is 5.32 Å². The van der Waals surface area contributed by atoms with E-state index in [-0.39, 0.29) is 12.3 Å². The average Bonchev–Trinajstić information content (AvgIpc) is 2.10. The van der Waals surface area contributed by atoms with Gasteiger partial charge in [0.15, 0.2) is 0 Å². The fourth-order valence-corrected chi connectivity index (χ4v) is 1.07. The van der Waals surface area contributed by atoms with Gasteiger partial charge < -0.3 is 16.2 Å². The van der Waals surface area contributed by atoms with Gasteiger partial charge in [-0.3, -0.25) is 9.59 Å². The standard InChI is InChI=1S/C10H20N2O3/c1-10(2,9(11)15)12-7-5-3-4-6-8(13)14/h12H,3-7H2,1-2H3,(H2,11,15)(H,13,14). The Morgan fingerprint density at radius 2 is 1.87 bits per heavy atom. The van der Waals surface area contributed by atoms with Gasteiger partial charge >= 0.3 is 5.97 Å². The Hall–Kier alpha value is -1.10. The summed E-state index contributed by atoms with van der Waals surface area (Å²) in [5, 5.41) is 11.4. The second-order valence-electron chi connectivity index (χ2n) is 4.12. The zero-order chi connectivity index (χ0) is 11.9. The number of hydrogen-bond acceptors (Lipinski definition) is 3. The second-order valence-corrected chi connectivity index (χ2v) is 4.12. The molecule has 0 unspecified atom stereocenters. The number of carboxylic acid groups (broad SMARTS) is 1. The van der Waals surface area contributed by atoms with E-state index >= 15 is 0 Å². The summed E-state index contributed by atoms with van der Waals surface area (Å²) < 4.78 is 0.